The fourth-order valence-electron chi connectivity index (χ4n) is 2.07. The summed E-state index contributed by atoms with van der Waals surface area (Å²) in [6.07, 6.45) is 2.56. The molecule has 0 spiro atoms. The number of carbonyl (C=O) groups is 1. The van der Waals surface area contributed by atoms with Gasteiger partial charge < -0.3 is 10.0 Å². The fraction of sp³-hybridized carbons (Fsp3) is 0.571. The van der Waals surface area contributed by atoms with Gasteiger partial charge >= 0.3 is 5.97 Å². The zero-order valence-electron chi connectivity index (χ0n) is 11.2. The highest BCUT2D eigenvalue weighted by atomic mass is 16.4. The molecule has 1 aromatic rings. The summed E-state index contributed by atoms with van der Waals surface area (Å²) < 4.78 is 0. The number of pyridine rings is 1. The molecule has 0 amide bonds. The molecule has 1 N–H and O–H groups in total. The molecular weight excluding hydrogens is 228 g/mol. The van der Waals surface area contributed by atoms with Crippen molar-refractivity contribution in [3.63, 3.8) is 0 Å². The van der Waals surface area contributed by atoms with E-state index in [2.05, 4.69) is 23.7 Å². The van der Waals surface area contributed by atoms with Crippen LogP contribution in [-0.2, 0) is 0 Å². The summed E-state index contributed by atoms with van der Waals surface area (Å²) in [6.45, 7) is 7.05. The summed E-state index contributed by atoms with van der Waals surface area (Å²) >= 11 is 0. The first-order chi connectivity index (χ1) is 8.47. The smallest absolute Gasteiger partial charge is 0.335 e. The van der Waals surface area contributed by atoms with Crippen LogP contribution in [0.4, 0.5) is 5.82 Å². The highest BCUT2D eigenvalue weighted by Gasteiger charge is 2.26. The molecule has 1 saturated carbocycles. The van der Waals surface area contributed by atoms with Crippen LogP contribution < -0.4 is 4.90 Å². The topological polar surface area (TPSA) is 53.4 Å². The van der Waals surface area contributed by atoms with E-state index in [9.17, 15) is 4.79 Å². The minimum atomic E-state index is -0.892. The van der Waals surface area contributed by atoms with E-state index in [1.807, 2.05) is 6.92 Å². The van der Waals surface area contributed by atoms with Gasteiger partial charge in [-0.15, -0.1) is 0 Å². The maximum Gasteiger partial charge on any atom is 0.335 e. The summed E-state index contributed by atoms with van der Waals surface area (Å²) in [4.78, 5) is 17.8. The van der Waals surface area contributed by atoms with Crippen molar-refractivity contribution in [2.24, 2.45) is 5.92 Å². The van der Waals surface area contributed by atoms with Crippen molar-refractivity contribution in [2.45, 2.75) is 39.7 Å². The van der Waals surface area contributed by atoms with E-state index in [0.29, 0.717) is 11.6 Å². The summed E-state index contributed by atoms with van der Waals surface area (Å²) in [6, 6.07) is 3.63. The molecule has 1 aromatic heterocycles. The molecular formula is C14H20N2O2. The molecule has 0 atom stereocenters. The first-order valence-corrected chi connectivity index (χ1v) is 6.46. The number of carboxylic acid groups (broad SMARTS) is 1. The Morgan fingerprint density at radius 1 is 1.50 bits per heavy atom. The SMILES string of the molecule is Cc1cc(C(=O)O)cc(N(CC2CC2)C(C)C)n1. The zero-order valence-corrected chi connectivity index (χ0v) is 11.2. The van der Waals surface area contributed by atoms with E-state index in [4.69, 9.17) is 5.11 Å². The van der Waals surface area contributed by atoms with Crippen LogP contribution >= 0.6 is 0 Å². The Morgan fingerprint density at radius 3 is 2.67 bits per heavy atom. The summed E-state index contributed by atoms with van der Waals surface area (Å²) in [5.74, 6) is 0.647. The van der Waals surface area contributed by atoms with Gasteiger partial charge in [0.1, 0.15) is 5.82 Å². The van der Waals surface area contributed by atoms with E-state index in [-0.39, 0.29) is 0 Å². The third-order valence-corrected chi connectivity index (χ3v) is 3.26. The Hall–Kier alpha value is -1.58. The normalized spacial score (nSPS) is 14.9. The lowest BCUT2D eigenvalue weighted by molar-refractivity contribution is 0.0696. The third kappa shape index (κ3) is 3.00. The first kappa shape index (κ1) is 12.9. The van der Waals surface area contributed by atoms with Gasteiger partial charge in [0.25, 0.3) is 0 Å². The van der Waals surface area contributed by atoms with Crippen LogP contribution in [0.5, 0.6) is 0 Å². The third-order valence-electron chi connectivity index (χ3n) is 3.26. The number of carboxylic acids is 1. The Kier molecular flexibility index (Phi) is 3.55. The predicted octanol–water partition coefficient (Wildman–Crippen LogP) is 2.71. The Morgan fingerprint density at radius 2 is 2.17 bits per heavy atom. The van der Waals surface area contributed by atoms with Crippen LogP contribution in [0.25, 0.3) is 0 Å². The van der Waals surface area contributed by atoms with E-state index in [1.165, 1.54) is 12.8 Å². The van der Waals surface area contributed by atoms with Crippen LogP contribution in [0.1, 0.15) is 42.7 Å². The fourth-order valence-corrected chi connectivity index (χ4v) is 2.07. The number of aryl methyl sites for hydroxylation is 1. The van der Waals surface area contributed by atoms with Crippen molar-refractivity contribution in [3.8, 4) is 0 Å². The molecule has 4 heteroatoms. The molecule has 2 rings (SSSR count). The van der Waals surface area contributed by atoms with Gasteiger partial charge in [0.2, 0.25) is 0 Å². The molecule has 1 aliphatic carbocycles. The summed E-state index contributed by atoms with van der Waals surface area (Å²) in [5.41, 5.74) is 1.07. The van der Waals surface area contributed by atoms with Crippen LogP contribution in [-0.4, -0.2) is 28.6 Å². The number of aromatic carboxylic acids is 1. The monoisotopic (exact) mass is 248 g/mol. The van der Waals surface area contributed by atoms with Crippen LogP contribution in [0.3, 0.4) is 0 Å². The molecule has 18 heavy (non-hydrogen) atoms. The van der Waals surface area contributed by atoms with Crippen molar-refractivity contribution < 1.29 is 9.90 Å². The largest absolute Gasteiger partial charge is 0.478 e. The average molecular weight is 248 g/mol. The minimum Gasteiger partial charge on any atom is -0.478 e. The van der Waals surface area contributed by atoms with Gasteiger partial charge in [-0.2, -0.15) is 0 Å². The van der Waals surface area contributed by atoms with Crippen LogP contribution in [0.2, 0.25) is 0 Å². The Balaban J connectivity index is 2.30. The zero-order chi connectivity index (χ0) is 13.3. The maximum atomic E-state index is 11.1. The van der Waals surface area contributed by atoms with Crippen molar-refractivity contribution >= 4 is 11.8 Å². The van der Waals surface area contributed by atoms with E-state index in [1.54, 1.807) is 12.1 Å². The number of hydrogen-bond acceptors (Lipinski definition) is 3. The van der Waals surface area contributed by atoms with Crippen molar-refractivity contribution in [1.29, 1.82) is 0 Å². The van der Waals surface area contributed by atoms with Crippen molar-refractivity contribution in [1.82, 2.24) is 4.98 Å². The van der Waals surface area contributed by atoms with Gasteiger partial charge in [0, 0.05) is 18.3 Å². The molecule has 1 heterocycles. The van der Waals surface area contributed by atoms with Crippen LogP contribution in [0, 0.1) is 12.8 Å². The average Bonchev–Trinajstić information content (AvgIpc) is 3.08. The van der Waals surface area contributed by atoms with Gasteiger partial charge in [-0.1, -0.05) is 0 Å². The molecule has 0 unspecified atom stereocenters. The standard InChI is InChI=1S/C14H20N2O2/c1-9(2)16(8-11-4-5-11)13-7-12(14(17)18)6-10(3)15-13/h6-7,9,11H,4-5,8H2,1-3H3,(H,17,18). The van der Waals surface area contributed by atoms with Gasteiger partial charge in [0.05, 0.1) is 5.56 Å². The van der Waals surface area contributed by atoms with Gasteiger partial charge in [0.15, 0.2) is 0 Å². The van der Waals surface area contributed by atoms with Crippen molar-refractivity contribution in [3.05, 3.63) is 23.4 Å². The molecule has 0 aliphatic heterocycles. The van der Waals surface area contributed by atoms with E-state index in [0.717, 1.165) is 24.0 Å². The number of aromatic nitrogens is 1. The summed E-state index contributed by atoms with van der Waals surface area (Å²) in [5, 5.41) is 9.10. The Bertz CT molecular complexity index is 453. The highest BCUT2D eigenvalue weighted by molar-refractivity contribution is 5.88. The molecule has 98 valence electrons. The van der Waals surface area contributed by atoms with E-state index >= 15 is 0 Å². The van der Waals surface area contributed by atoms with E-state index < -0.39 is 5.97 Å². The molecule has 4 nitrogen and oxygen atoms in total. The second-order valence-electron chi connectivity index (χ2n) is 5.35. The lowest BCUT2D eigenvalue weighted by Crippen LogP contribution is -2.33. The lowest BCUT2D eigenvalue weighted by atomic mass is 10.2. The van der Waals surface area contributed by atoms with Crippen molar-refractivity contribution in [2.75, 3.05) is 11.4 Å². The van der Waals surface area contributed by atoms with Gasteiger partial charge in [-0.3, -0.25) is 0 Å². The molecule has 0 radical (unpaired) electrons. The predicted molar refractivity (Wildman–Crippen MR) is 71.1 cm³/mol. The number of rotatable bonds is 5. The van der Waals surface area contributed by atoms with Crippen LogP contribution in [0.15, 0.2) is 12.1 Å². The molecule has 0 bridgehead atoms. The molecule has 1 aliphatic rings. The minimum absolute atomic E-state index is 0.318. The second kappa shape index (κ2) is 4.96. The van der Waals surface area contributed by atoms with Gasteiger partial charge in [-0.25, -0.2) is 9.78 Å². The Labute approximate surface area is 108 Å². The lowest BCUT2D eigenvalue weighted by Gasteiger charge is -2.28. The quantitative estimate of drug-likeness (QED) is 0.870. The molecule has 0 saturated heterocycles. The second-order valence-corrected chi connectivity index (χ2v) is 5.35. The maximum absolute atomic E-state index is 11.1. The number of nitrogens with zero attached hydrogens (tertiary/aromatic N) is 2. The first-order valence-electron chi connectivity index (χ1n) is 6.46. The molecule has 0 aromatic carbocycles. The van der Waals surface area contributed by atoms with Gasteiger partial charge in [-0.05, 0) is 51.7 Å². The number of hydrogen-bond donors (Lipinski definition) is 1. The number of anilines is 1. The highest BCUT2D eigenvalue weighted by Crippen LogP contribution is 2.32. The summed E-state index contributed by atoms with van der Waals surface area (Å²) in [7, 11) is 0. The molecule has 1 fully saturated rings.